The Hall–Kier alpha value is -2.72. The van der Waals surface area contributed by atoms with Crippen molar-refractivity contribution in [1.29, 1.82) is 0 Å². The largest absolute Gasteiger partial charge is 0.321 e. The zero-order valence-electron chi connectivity index (χ0n) is 14.6. The van der Waals surface area contributed by atoms with E-state index in [0.717, 1.165) is 54.6 Å². The van der Waals surface area contributed by atoms with Crippen LogP contribution in [0.3, 0.4) is 0 Å². The second-order valence-corrected chi connectivity index (χ2v) is 7.27. The van der Waals surface area contributed by atoms with Crippen molar-refractivity contribution in [3.8, 4) is 0 Å². The van der Waals surface area contributed by atoms with E-state index in [1.165, 1.54) is 11.1 Å². The molecule has 4 heteroatoms. The quantitative estimate of drug-likeness (QED) is 0.776. The topological polar surface area (TPSA) is 45.2 Å². The number of hydrogen-bond acceptors (Lipinski definition) is 3. The van der Waals surface area contributed by atoms with Gasteiger partial charge in [-0.25, -0.2) is 0 Å². The van der Waals surface area contributed by atoms with Gasteiger partial charge in [0.2, 0.25) is 0 Å². The average Bonchev–Trinajstić information content (AvgIpc) is 3.01. The number of carbonyl (C=O) groups excluding carboxylic acids is 1. The standard InChI is InChI=1S/C22H21N3O/c26-22-18-7-6-17(21-20(18)19(24-22)8-11-23-21)16-9-12-25(13-10-16)14-15-4-2-1-3-5-15/h1-8,11,16H,9-10,12-14H2,(H,24,26). The molecule has 130 valence electrons. The van der Waals surface area contributed by atoms with Crippen LogP contribution in [0, 0.1) is 0 Å². The smallest absolute Gasteiger partial charge is 0.256 e. The molecule has 0 bridgehead atoms. The summed E-state index contributed by atoms with van der Waals surface area (Å²) in [6, 6.07) is 16.7. The van der Waals surface area contributed by atoms with Crippen LogP contribution in [0.5, 0.6) is 0 Å². The normalized spacial score (nSPS) is 17.6. The molecular weight excluding hydrogens is 322 g/mol. The van der Waals surface area contributed by atoms with Gasteiger partial charge < -0.3 is 5.32 Å². The molecule has 0 atom stereocenters. The first-order valence-electron chi connectivity index (χ1n) is 9.29. The van der Waals surface area contributed by atoms with Crippen molar-refractivity contribution in [2.45, 2.75) is 25.3 Å². The lowest BCUT2D eigenvalue weighted by atomic mass is 9.87. The van der Waals surface area contributed by atoms with Gasteiger partial charge in [0, 0.05) is 18.1 Å². The van der Waals surface area contributed by atoms with Crippen LogP contribution in [0.1, 0.15) is 40.2 Å². The molecule has 1 N–H and O–H groups in total. The van der Waals surface area contributed by atoms with E-state index in [-0.39, 0.29) is 5.91 Å². The van der Waals surface area contributed by atoms with Crippen LogP contribution < -0.4 is 5.32 Å². The van der Waals surface area contributed by atoms with E-state index in [9.17, 15) is 4.79 Å². The maximum atomic E-state index is 12.1. The minimum Gasteiger partial charge on any atom is -0.321 e. The van der Waals surface area contributed by atoms with E-state index < -0.39 is 0 Å². The molecule has 2 aromatic carbocycles. The first-order chi connectivity index (χ1) is 12.8. The number of nitrogens with zero attached hydrogens (tertiary/aromatic N) is 2. The first-order valence-corrected chi connectivity index (χ1v) is 9.29. The fraction of sp³-hybridized carbons (Fsp3) is 0.273. The van der Waals surface area contributed by atoms with Gasteiger partial charge in [0.1, 0.15) is 0 Å². The molecule has 5 rings (SSSR count). The average molecular weight is 343 g/mol. The predicted molar refractivity (Wildman–Crippen MR) is 103 cm³/mol. The molecule has 2 aliphatic rings. The highest BCUT2D eigenvalue weighted by molar-refractivity contribution is 6.23. The molecule has 0 aliphatic carbocycles. The van der Waals surface area contributed by atoms with Crippen molar-refractivity contribution in [2.24, 2.45) is 0 Å². The van der Waals surface area contributed by atoms with Crippen LogP contribution in [-0.4, -0.2) is 28.9 Å². The Morgan fingerprint density at radius 3 is 2.65 bits per heavy atom. The predicted octanol–water partition coefficient (Wildman–Crippen LogP) is 4.18. The Morgan fingerprint density at radius 1 is 1.04 bits per heavy atom. The van der Waals surface area contributed by atoms with Crippen molar-refractivity contribution in [3.63, 3.8) is 0 Å². The Labute approximate surface area is 152 Å². The number of pyridine rings is 1. The Bertz CT molecular complexity index is 975. The SMILES string of the molecule is O=C1Nc2ccnc3c(C4CCN(Cc5ccccc5)CC4)ccc1c23. The molecule has 4 nitrogen and oxygen atoms in total. The second kappa shape index (κ2) is 6.22. The molecule has 26 heavy (non-hydrogen) atoms. The first kappa shape index (κ1) is 15.5. The summed E-state index contributed by atoms with van der Waals surface area (Å²) in [5.41, 5.74) is 5.33. The number of rotatable bonds is 3. The number of hydrogen-bond donors (Lipinski definition) is 1. The van der Waals surface area contributed by atoms with Crippen LogP contribution in [-0.2, 0) is 6.54 Å². The van der Waals surface area contributed by atoms with Crippen molar-refractivity contribution in [2.75, 3.05) is 18.4 Å². The van der Waals surface area contributed by atoms with Gasteiger partial charge in [-0.3, -0.25) is 14.7 Å². The highest BCUT2D eigenvalue weighted by Crippen LogP contribution is 2.38. The van der Waals surface area contributed by atoms with Crippen molar-refractivity contribution in [1.82, 2.24) is 9.88 Å². The molecule has 0 spiro atoms. The monoisotopic (exact) mass is 343 g/mol. The second-order valence-electron chi connectivity index (χ2n) is 7.27. The number of benzene rings is 2. The van der Waals surface area contributed by atoms with Gasteiger partial charge in [0.15, 0.2) is 0 Å². The fourth-order valence-electron chi connectivity index (χ4n) is 4.34. The van der Waals surface area contributed by atoms with Crippen LogP contribution >= 0.6 is 0 Å². The van der Waals surface area contributed by atoms with Gasteiger partial charge in [-0.15, -0.1) is 0 Å². The molecule has 1 saturated heterocycles. The molecule has 0 radical (unpaired) electrons. The third-order valence-electron chi connectivity index (χ3n) is 5.69. The van der Waals surface area contributed by atoms with E-state index in [1.807, 2.05) is 12.1 Å². The lowest BCUT2D eigenvalue weighted by Gasteiger charge is -2.32. The minimum absolute atomic E-state index is 0.0118. The van der Waals surface area contributed by atoms with E-state index in [1.54, 1.807) is 6.20 Å². The van der Waals surface area contributed by atoms with Crippen LogP contribution in [0.15, 0.2) is 54.7 Å². The zero-order chi connectivity index (χ0) is 17.5. The maximum Gasteiger partial charge on any atom is 0.256 e. The number of nitrogens with one attached hydrogen (secondary N) is 1. The van der Waals surface area contributed by atoms with E-state index >= 15 is 0 Å². The summed E-state index contributed by atoms with van der Waals surface area (Å²) in [6.45, 7) is 3.22. The lowest BCUT2D eigenvalue weighted by Crippen LogP contribution is -2.32. The van der Waals surface area contributed by atoms with Crippen molar-refractivity contribution >= 4 is 22.5 Å². The molecule has 1 amide bonds. The lowest BCUT2D eigenvalue weighted by molar-refractivity contribution is 0.103. The van der Waals surface area contributed by atoms with Gasteiger partial charge in [0.25, 0.3) is 5.91 Å². The van der Waals surface area contributed by atoms with Crippen LogP contribution in [0.4, 0.5) is 5.69 Å². The summed E-state index contributed by atoms with van der Waals surface area (Å²) in [6.07, 6.45) is 4.07. The van der Waals surface area contributed by atoms with E-state index in [0.29, 0.717) is 5.92 Å². The fourth-order valence-corrected chi connectivity index (χ4v) is 4.34. The number of likely N-dealkylation sites (tertiary alicyclic amines) is 1. The van der Waals surface area contributed by atoms with E-state index in [4.69, 9.17) is 0 Å². The van der Waals surface area contributed by atoms with E-state index in [2.05, 4.69) is 51.6 Å². The molecule has 3 heterocycles. The Balaban J connectivity index is 1.38. The summed E-state index contributed by atoms with van der Waals surface area (Å²) in [4.78, 5) is 19.3. The molecule has 0 saturated carbocycles. The molecule has 0 unspecified atom stereocenters. The van der Waals surface area contributed by atoms with Crippen LogP contribution in [0.25, 0.3) is 10.9 Å². The van der Waals surface area contributed by atoms with Gasteiger partial charge >= 0.3 is 0 Å². The third kappa shape index (κ3) is 2.58. The summed E-state index contributed by atoms with van der Waals surface area (Å²) in [5, 5.41) is 3.95. The van der Waals surface area contributed by atoms with Gasteiger partial charge in [-0.2, -0.15) is 0 Å². The molecule has 2 aliphatic heterocycles. The molecule has 1 fully saturated rings. The van der Waals surface area contributed by atoms with Crippen molar-refractivity contribution < 1.29 is 4.79 Å². The Morgan fingerprint density at radius 2 is 1.85 bits per heavy atom. The summed E-state index contributed by atoms with van der Waals surface area (Å²) in [7, 11) is 0. The summed E-state index contributed by atoms with van der Waals surface area (Å²) >= 11 is 0. The number of anilines is 1. The minimum atomic E-state index is -0.0118. The molecule has 3 aromatic rings. The number of aromatic nitrogens is 1. The summed E-state index contributed by atoms with van der Waals surface area (Å²) in [5.74, 6) is 0.497. The molecule has 1 aromatic heterocycles. The highest BCUT2D eigenvalue weighted by Gasteiger charge is 2.27. The Kier molecular flexibility index (Phi) is 3.71. The summed E-state index contributed by atoms with van der Waals surface area (Å²) < 4.78 is 0. The van der Waals surface area contributed by atoms with Crippen LogP contribution in [0.2, 0.25) is 0 Å². The maximum absolute atomic E-state index is 12.1. The number of amides is 1. The van der Waals surface area contributed by atoms with Crippen molar-refractivity contribution in [3.05, 3.63) is 71.4 Å². The number of piperidine rings is 1. The molecular formula is C22H21N3O. The zero-order valence-corrected chi connectivity index (χ0v) is 14.6. The van der Waals surface area contributed by atoms with Gasteiger partial charge in [0.05, 0.1) is 16.8 Å². The number of carbonyl (C=O) groups is 1. The highest BCUT2D eigenvalue weighted by atomic mass is 16.1. The third-order valence-corrected chi connectivity index (χ3v) is 5.69. The van der Waals surface area contributed by atoms with Gasteiger partial charge in [-0.05, 0) is 55.1 Å². The van der Waals surface area contributed by atoms with Gasteiger partial charge in [-0.1, -0.05) is 36.4 Å².